The monoisotopic (exact) mass is 313 g/mol. The van der Waals surface area contributed by atoms with Crippen LogP contribution in [0, 0.1) is 4.64 Å². The van der Waals surface area contributed by atoms with Crippen molar-refractivity contribution >= 4 is 23.8 Å². The molecule has 0 bridgehead atoms. The number of fused-ring (bicyclic) bond motifs is 1. The Morgan fingerprint density at radius 3 is 3.00 bits per heavy atom. The Hall–Kier alpha value is -2.14. The van der Waals surface area contributed by atoms with Gasteiger partial charge in [0, 0.05) is 31.5 Å². The van der Waals surface area contributed by atoms with Gasteiger partial charge < -0.3 is 15.2 Å². The SMILES string of the molecule is O=C(NCCCN1CCc2ccccc21)c1ccc[nH]c1=S. The number of benzene rings is 1. The van der Waals surface area contributed by atoms with Crippen LogP contribution >= 0.6 is 12.2 Å². The maximum atomic E-state index is 12.0. The Morgan fingerprint density at radius 2 is 2.14 bits per heavy atom. The number of rotatable bonds is 5. The van der Waals surface area contributed by atoms with Crippen LogP contribution in [-0.4, -0.2) is 30.5 Å². The van der Waals surface area contributed by atoms with Crippen molar-refractivity contribution in [2.45, 2.75) is 12.8 Å². The normalized spacial score (nSPS) is 13.0. The van der Waals surface area contributed by atoms with Crippen LogP contribution in [0.5, 0.6) is 0 Å². The number of hydrogen-bond donors (Lipinski definition) is 2. The van der Waals surface area contributed by atoms with Crippen molar-refractivity contribution in [2.24, 2.45) is 0 Å². The van der Waals surface area contributed by atoms with E-state index in [0.29, 0.717) is 16.7 Å². The Morgan fingerprint density at radius 1 is 1.27 bits per heavy atom. The van der Waals surface area contributed by atoms with Crippen molar-refractivity contribution < 1.29 is 4.79 Å². The standard InChI is InChI=1S/C17H19N3OS/c21-16(14-6-3-9-19-17(14)22)18-10-4-11-20-12-8-13-5-1-2-7-15(13)20/h1-3,5-7,9H,4,8,10-12H2,(H,18,21)(H,19,22). The van der Waals surface area contributed by atoms with Crippen LogP contribution in [0.4, 0.5) is 5.69 Å². The number of hydrogen-bond acceptors (Lipinski definition) is 3. The van der Waals surface area contributed by atoms with Gasteiger partial charge in [0.15, 0.2) is 0 Å². The molecule has 22 heavy (non-hydrogen) atoms. The third-order valence-electron chi connectivity index (χ3n) is 3.94. The van der Waals surface area contributed by atoms with E-state index in [9.17, 15) is 4.79 Å². The quantitative estimate of drug-likeness (QED) is 0.659. The van der Waals surface area contributed by atoms with Crippen LogP contribution in [0.15, 0.2) is 42.6 Å². The lowest BCUT2D eigenvalue weighted by Gasteiger charge is -2.19. The molecule has 1 aliphatic heterocycles. The maximum absolute atomic E-state index is 12.0. The third-order valence-corrected chi connectivity index (χ3v) is 4.27. The van der Waals surface area contributed by atoms with E-state index in [0.717, 1.165) is 25.9 Å². The largest absolute Gasteiger partial charge is 0.371 e. The number of para-hydroxylation sites is 1. The first-order valence-corrected chi connectivity index (χ1v) is 7.95. The summed E-state index contributed by atoms with van der Waals surface area (Å²) in [4.78, 5) is 17.3. The summed E-state index contributed by atoms with van der Waals surface area (Å²) in [7, 11) is 0. The van der Waals surface area contributed by atoms with Gasteiger partial charge >= 0.3 is 0 Å². The van der Waals surface area contributed by atoms with E-state index in [1.165, 1.54) is 11.3 Å². The van der Waals surface area contributed by atoms with Crippen molar-refractivity contribution in [2.75, 3.05) is 24.5 Å². The maximum Gasteiger partial charge on any atom is 0.254 e. The molecule has 2 heterocycles. The third kappa shape index (κ3) is 3.20. The topological polar surface area (TPSA) is 48.1 Å². The predicted molar refractivity (Wildman–Crippen MR) is 90.9 cm³/mol. The predicted octanol–water partition coefficient (Wildman–Crippen LogP) is 2.93. The molecular weight excluding hydrogens is 294 g/mol. The summed E-state index contributed by atoms with van der Waals surface area (Å²) in [6.45, 7) is 2.68. The van der Waals surface area contributed by atoms with Crippen LogP contribution < -0.4 is 10.2 Å². The molecule has 0 saturated carbocycles. The molecule has 0 saturated heterocycles. The molecular formula is C17H19N3OS. The molecule has 3 rings (SSSR count). The van der Waals surface area contributed by atoms with E-state index in [-0.39, 0.29) is 5.91 Å². The van der Waals surface area contributed by atoms with Crippen molar-refractivity contribution in [1.82, 2.24) is 10.3 Å². The Labute approximate surface area is 135 Å². The smallest absolute Gasteiger partial charge is 0.254 e. The number of carbonyl (C=O) groups is 1. The second-order valence-corrected chi connectivity index (χ2v) is 5.80. The van der Waals surface area contributed by atoms with Gasteiger partial charge in [-0.3, -0.25) is 4.79 Å². The number of carbonyl (C=O) groups excluding carboxylic acids is 1. The second-order valence-electron chi connectivity index (χ2n) is 5.39. The van der Waals surface area contributed by atoms with Gasteiger partial charge in [-0.25, -0.2) is 0 Å². The number of anilines is 1. The van der Waals surface area contributed by atoms with Gasteiger partial charge in [0.2, 0.25) is 0 Å². The van der Waals surface area contributed by atoms with Crippen LogP contribution in [0.25, 0.3) is 0 Å². The molecule has 1 aliphatic rings. The average molecular weight is 313 g/mol. The zero-order valence-corrected chi connectivity index (χ0v) is 13.2. The van der Waals surface area contributed by atoms with Gasteiger partial charge in [-0.05, 0) is 36.6 Å². The first-order valence-electron chi connectivity index (χ1n) is 7.54. The fourth-order valence-electron chi connectivity index (χ4n) is 2.81. The molecule has 1 aromatic heterocycles. The van der Waals surface area contributed by atoms with Gasteiger partial charge in [0.25, 0.3) is 5.91 Å². The van der Waals surface area contributed by atoms with E-state index in [1.54, 1.807) is 18.3 Å². The summed E-state index contributed by atoms with van der Waals surface area (Å²) in [6, 6.07) is 12.1. The molecule has 5 heteroatoms. The first kappa shape index (κ1) is 14.8. The van der Waals surface area contributed by atoms with Crippen molar-refractivity contribution in [3.8, 4) is 0 Å². The highest BCUT2D eigenvalue weighted by atomic mass is 32.1. The highest BCUT2D eigenvalue weighted by molar-refractivity contribution is 7.71. The van der Waals surface area contributed by atoms with Crippen molar-refractivity contribution in [1.29, 1.82) is 0 Å². The van der Waals surface area contributed by atoms with Crippen LogP contribution in [0.2, 0.25) is 0 Å². The minimum absolute atomic E-state index is 0.108. The lowest BCUT2D eigenvalue weighted by molar-refractivity contribution is 0.0952. The van der Waals surface area contributed by atoms with Crippen molar-refractivity contribution in [3.63, 3.8) is 0 Å². The van der Waals surface area contributed by atoms with Crippen LogP contribution in [0.3, 0.4) is 0 Å². The zero-order chi connectivity index (χ0) is 15.4. The highest BCUT2D eigenvalue weighted by Gasteiger charge is 2.17. The summed E-state index contributed by atoms with van der Waals surface area (Å²) in [5.41, 5.74) is 3.28. The Kier molecular flexibility index (Phi) is 4.53. The number of pyridine rings is 1. The molecule has 114 valence electrons. The molecule has 0 spiro atoms. The lowest BCUT2D eigenvalue weighted by atomic mass is 10.2. The Bertz CT molecular complexity index is 726. The van der Waals surface area contributed by atoms with E-state index in [2.05, 4.69) is 39.5 Å². The number of amides is 1. The van der Waals surface area contributed by atoms with Crippen molar-refractivity contribution in [3.05, 3.63) is 58.4 Å². The van der Waals surface area contributed by atoms with Gasteiger partial charge in [0.1, 0.15) is 4.64 Å². The van der Waals surface area contributed by atoms with Gasteiger partial charge in [0.05, 0.1) is 5.56 Å². The molecule has 2 N–H and O–H groups in total. The summed E-state index contributed by atoms with van der Waals surface area (Å²) in [5, 5.41) is 2.94. The summed E-state index contributed by atoms with van der Waals surface area (Å²) in [6.07, 6.45) is 3.76. The van der Waals surface area contributed by atoms with Gasteiger partial charge in [-0.2, -0.15) is 0 Å². The van der Waals surface area contributed by atoms with E-state index in [1.807, 2.05) is 0 Å². The number of aromatic nitrogens is 1. The van der Waals surface area contributed by atoms with Crippen LogP contribution in [0.1, 0.15) is 22.3 Å². The molecule has 1 aromatic carbocycles. The summed E-state index contributed by atoms with van der Waals surface area (Å²) in [5.74, 6) is -0.108. The number of H-pyrrole nitrogens is 1. The molecule has 0 fully saturated rings. The van der Waals surface area contributed by atoms with E-state index >= 15 is 0 Å². The fraction of sp³-hybridized carbons (Fsp3) is 0.294. The minimum Gasteiger partial charge on any atom is -0.371 e. The second kappa shape index (κ2) is 6.75. The lowest BCUT2D eigenvalue weighted by Crippen LogP contribution is -2.29. The zero-order valence-electron chi connectivity index (χ0n) is 12.3. The molecule has 0 atom stereocenters. The first-order chi connectivity index (χ1) is 10.8. The fourth-order valence-corrected chi connectivity index (χ4v) is 3.04. The minimum atomic E-state index is -0.108. The molecule has 0 radical (unpaired) electrons. The highest BCUT2D eigenvalue weighted by Crippen LogP contribution is 2.27. The van der Waals surface area contributed by atoms with Gasteiger partial charge in [-0.1, -0.05) is 30.4 Å². The van der Waals surface area contributed by atoms with Crippen LogP contribution in [-0.2, 0) is 6.42 Å². The molecule has 2 aromatic rings. The molecule has 1 amide bonds. The summed E-state index contributed by atoms with van der Waals surface area (Å²) >= 11 is 5.11. The summed E-state index contributed by atoms with van der Waals surface area (Å²) < 4.78 is 0.480. The molecule has 0 unspecified atom stereocenters. The van der Waals surface area contributed by atoms with E-state index in [4.69, 9.17) is 12.2 Å². The molecule has 0 aliphatic carbocycles. The average Bonchev–Trinajstić information content (AvgIpc) is 2.95. The number of nitrogens with zero attached hydrogens (tertiary/aromatic N) is 1. The number of nitrogens with one attached hydrogen (secondary N) is 2. The van der Waals surface area contributed by atoms with Gasteiger partial charge in [-0.15, -0.1) is 0 Å². The van der Waals surface area contributed by atoms with E-state index < -0.39 is 0 Å². The molecule has 4 nitrogen and oxygen atoms in total. The number of aromatic amines is 1. The Balaban J connectivity index is 1.48.